The largest absolute Gasteiger partial charge is 0.493 e. The van der Waals surface area contributed by atoms with Gasteiger partial charge >= 0.3 is 0 Å². The summed E-state index contributed by atoms with van der Waals surface area (Å²) in [7, 11) is 1.57. The first kappa shape index (κ1) is 16.0. The fraction of sp³-hybridized carbons (Fsp3) is 0.421. The number of amides is 1. The topological polar surface area (TPSA) is 63.9 Å². The Labute approximate surface area is 146 Å². The molecule has 3 aliphatic rings. The van der Waals surface area contributed by atoms with Crippen LogP contribution in [0.25, 0.3) is 0 Å². The van der Waals surface area contributed by atoms with E-state index in [9.17, 15) is 4.79 Å². The zero-order chi connectivity index (χ0) is 17.2. The van der Waals surface area contributed by atoms with Crippen molar-refractivity contribution in [1.82, 2.24) is 10.2 Å². The number of methoxy groups -OCH3 is 1. The van der Waals surface area contributed by atoms with E-state index < -0.39 is 0 Å². The van der Waals surface area contributed by atoms with Crippen LogP contribution in [-0.4, -0.2) is 43.6 Å². The maximum Gasteiger partial charge on any atom is 0.293 e. The lowest BCUT2D eigenvalue weighted by atomic mass is 9.84. The fourth-order valence-electron chi connectivity index (χ4n) is 3.63. The third kappa shape index (κ3) is 3.49. The molecule has 0 unspecified atom stereocenters. The molecule has 1 aromatic heterocycles. The second kappa shape index (κ2) is 6.80. The molecule has 3 saturated heterocycles. The summed E-state index contributed by atoms with van der Waals surface area (Å²) < 4.78 is 15.9. The van der Waals surface area contributed by atoms with Gasteiger partial charge in [0.15, 0.2) is 5.75 Å². The fourth-order valence-corrected chi connectivity index (χ4v) is 3.63. The molecule has 3 fully saturated rings. The van der Waals surface area contributed by atoms with Crippen molar-refractivity contribution < 1.29 is 18.7 Å². The zero-order valence-electron chi connectivity index (χ0n) is 14.2. The summed E-state index contributed by atoms with van der Waals surface area (Å²) in [5.74, 6) is 2.15. The van der Waals surface area contributed by atoms with Crippen molar-refractivity contribution >= 4 is 5.91 Å². The summed E-state index contributed by atoms with van der Waals surface area (Å²) in [5.41, 5.74) is 0.640. The molecular formula is C19H22N2O4. The van der Waals surface area contributed by atoms with Gasteiger partial charge in [0.2, 0.25) is 0 Å². The summed E-state index contributed by atoms with van der Waals surface area (Å²) >= 11 is 0. The lowest BCUT2D eigenvalue weighted by Gasteiger charge is -2.44. The number of nitrogens with zero attached hydrogens (tertiary/aromatic N) is 1. The maximum absolute atomic E-state index is 12.5. The Balaban J connectivity index is 1.37. The van der Waals surface area contributed by atoms with Crippen LogP contribution in [0, 0.1) is 5.92 Å². The molecule has 0 spiro atoms. The highest BCUT2D eigenvalue weighted by molar-refractivity contribution is 5.94. The Morgan fingerprint density at radius 2 is 1.96 bits per heavy atom. The minimum atomic E-state index is -0.0232. The molecule has 2 bridgehead atoms. The van der Waals surface area contributed by atoms with E-state index in [1.165, 1.54) is 32.2 Å². The molecule has 4 heterocycles. The number of carbonyl (C=O) groups excluding carboxylic acids is 1. The Hall–Kier alpha value is -2.47. The average Bonchev–Trinajstić information content (AvgIpc) is 3.11. The van der Waals surface area contributed by atoms with Crippen molar-refractivity contribution in [3.05, 3.63) is 42.2 Å². The predicted octanol–water partition coefficient (Wildman–Crippen LogP) is 2.90. The first-order chi connectivity index (χ1) is 12.2. The first-order valence-corrected chi connectivity index (χ1v) is 8.65. The van der Waals surface area contributed by atoms with Gasteiger partial charge < -0.3 is 24.1 Å². The number of hydrogen-bond acceptors (Lipinski definition) is 5. The third-order valence-corrected chi connectivity index (χ3v) is 5.09. The highest BCUT2D eigenvalue weighted by atomic mass is 16.6. The summed E-state index contributed by atoms with van der Waals surface area (Å²) in [6, 6.07) is 8.99. The minimum Gasteiger partial charge on any atom is -0.493 e. The van der Waals surface area contributed by atoms with Crippen LogP contribution in [0.4, 0.5) is 0 Å². The van der Waals surface area contributed by atoms with Crippen LogP contribution in [0.1, 0.15) is 23.2 Å². The lowest BCUT2D eigenvalue weighted by Crippen LogP contribution is -2.57. The van der Waals surface area contributed by atoms with E-state index in [4.69, 9.17) is 13.9 Å². The molecule has 1 aromatic carbocycles. The van der Waals surface area contributed by atoms with Crippen LogP contribution >= 0.6 is 0 Å². The highest BCUT2D eigenvalue weighted by Crippen LogP contribution is 2.29. The molecule has 1 atom stereocenters. The van der Waals surface area contributed by atoms with Crippen LogP contribution < -0.4 is 14.8 Å². The van der Waals surface area contributed by atoms with E-state index in [-0.39, 0.29) is 11.9 Å². The van der Waals surface area contributed by atoms with Gasteiger partial charge in [-0.15, -0.1) is 0 Å². The predicted molar refractivity (Wildman–Crippen MR) is 92.2 cm³/mol. The summed E-state index contributed by atoms with van der Waals surface area (Å²) in [5, 5.41) is 3.19. The van der Waals surface area contributed by atoms with E-state index in [0.29, 0.717) is 28.9 Å². The van der Waals surface area contributed by atoms with E-state index in [1.54, 1.807) is 37.4 Å². The van der Waals surface area contributed by atoms with Gasteiger partial charge in [0.25, 0.3) is 11.9 Å². The molecule has 1 N–H and O–H groups in total. The molecule has 25 heavy (non-hydrogen) atoms. The molecule has 5 rings (SSSR count). The van der Waals surface area contributed by atoms with Gasteiger partial charge in [-0.1, -0.05) is 0 Å². The second-order valence-electron chi connectivity index (χ2n) is 6.65. The van der Waals surface area contributed by atoms with Crippen LogP contribution in [0.3, 0.4) is 0 Å². The Bertz CT molecular complexity index is 732. The van der Waals surface area contributed by atoms with Crippen molar-refractivity contribution in [2.24, 2.45) is 5.92 Å². The van der Waals surface area contributed by atoms with Crippen LogP contribution in [0.5, 0.6) is 17.4 Å². The van der Waals surface area contributed by atoms with Gasteiger partial charge in [0.1, 0.15) is 12.0 Å². The molecular weight excluding hydrogens is 320 g/mol. The summed E-state index contributed by atoms with van der Waals surface area (Å²) in [6.07, 6.45) is 3.85. The molecule has 6 heteroatoms. The summed E-state index contributed by atoms with van der Waals surface area (Å²) in [4.78, 5) is 14.9. The van der Waals surface area contributed by atoms with E-state index >= 15 is 0 Å². The van der Waals surface area contributed by atoms with Crippen molar-refractivity contribution in [2.75, 3.05) is 26.7 Å². The van der Waals surface area contributed by atoms with Crippen LogP contribution in [0.2, 0.25) is 0 Å². The number of rotatable bonds is 5. The van der Waals surface area contributed by atoms with Gasteiger partial charge in [-0.3, -0.25) is 4.79 Å². The Kier molecular flexibility index (Phi) is 4.36. The standard InChI is InChI=1S/C19H22N2O4/c1-23-16-10-18(24-12-16)25-15-4-2-14(3-5-15)19(22)20-17-11-21-8-6-13(17)7-9-21/h2-5,10,12-13,17H,6-9,11H2,1H3,(H,20,22)/t17-/m0/s1. The number of ether oxygens (including phenoxy) is 2. The molecule has 1 amide bonds. The highest BCUT2D eigenvalue weighted by Gasteiger charge is 2.34. The minimum absolute atomic E-state index is 0.0232. The van der Waals surface area contributed by atoms with Crippen molar-refractivity contribution in [2.45, 2.75) is 18.9 Å². The molecule has 6 nitrogen and oxygen atoms in total. The Morgan fingerprint density at radius 1 is 1.20 bits per heavy atom. The molecule has 0 radical (unpaired) electrons. The zero-order valence-corrected chi connectivity index (χ0v) is 14.2. The number of benzene rings is 1. The maximum atomic E-state index is 12.5. The molecule has 3 aliphatic heterocycles. The number of piperidine rings is 3. The van der Waals surface area contributed by atoms with Gasteiger partial charge in [0.05, 0.1) is 13.2 Å². The lowest BCUT2D eigenvalue weighted by molar-refractivity contribution is 0.0620. The van der Waals surface area contributed by atoms with E-state index in [0.717, 1.165) is 6.54 Å². The number of fused-ring (bicyclic) bond motifs is 3. The number of hydrogen-bond donors (Lipinski definition) is 1. The van der Waals surface area contributed by atoms with E-state index in [1.807, 2.05) is 0 Å². The SMILES string of the molecule is COc1coc(Oc2ccc(C(=O)N[C@H]3CN4CCC3CC4)cc2)c1. The van der Waals surface area contributed by atoms with Crippen LogP contribution in [-0.2, 0) is 0 Å². The number of nitrogens with one attached hydrogen (secondary N) is 1. The quantitative estimate of drug-likeness (QED) is 0.905. The average molecular weight is 342 g/mol. The van der Waals surface area contributed by atoms with Crippen molar-refractivity contribution in [1.29, 1.82) is 0 Å². The third-order valence-electron chi connectivity index (χ3n) is 5.09. The smallest absolute Gasteiger partial charge is 0.293 e. The monoisotopic (exact) mass is 342 g/mol. The van der Waals surface area contributed by atoms with Crippen LogP contribution in [0.15, 0.2) is 41.0 Å². The van der Waals surface area contributed by atoms with Gasteiger partial charge in [-0.25, -0.2) is 0 Å². The number of carbonyl (C=O) groups is 1. The second-order valence-corrected chi connectivity index (χ2v) is 6.65. The van der Waals surface area contributed by atoms with Crippen molar-refractivity contribution in [3.8, 4) is 17.4 Å². The first-order valence-electron chi connectivity index (χ1n) is 8.65. The summed E-state index contributed by atoms with van der Waals surface area (Å²) in [6.45, 7) is 3.30. The molecule has 132 valence electrons. The van der Waals surface area contributed by atoms with Gasteiger partial charge in [0, 0.05) is 18.2 Å². The molecule has 0 saturated carbocycles. The molecule has 0 aliphatic carbocycles. The van der Waals surface area contributed by atoms with Crippen molar-refractivity contribution in [3.63, 3.8) is 0 Å². The molecule has 2 aromatic rings. The Morgan fingerprint density at radius 3 is 2.56 bits per heavy atom. The van der Waals surface area contributed by atoms with Gasteiger partial charge in [-0.05, 0) is 56.1 Å². The van der Waals surface area contributed by atoms with E-state index in [2.05, 4.69) is 10.2 Å². The number of furan rings is 1. The van der Waals surface area contributed by atoms with Gasteiger partial charge in [-0.2, -0.15) is 0 Å². The normalized spacial score (nSPS) is 24.8.